The fourth-order valence-corrected chi connectivity index (χ4v) is 6.89. The van der Waals surface area contributed by atoms with Crippen molar-refractivity contribution in [1.29, 1.82) is 5.26 Å². The van der Waals surface area contributed by atoms with E-state index in [-0.39, 0.29) is 0 Å². The molecule has 0 saturated carbocycles. The zero-order chi connectivity index (χ0) is 39.0. The molecule has 56 heavy (non-hydrogen) atoms. The highest BCUT2D eigenvalue weighted by Crippen LogP contribution is 2.37. The number of rotatable bonds is 10. The molecule has 0 aromatic heterocycles. The van der Waals surface area contributed by atoms with Gasteiger partial charge in [0.25, 0.3) is 0 Å². The quantitative estimate of drug-likeness (QED) is 0.104. The third kappa shape index (κ3) is 8.53. The van der Waals surface area contributed by atoms with E-state index in [1.165, 1.54) is 22.3 Å². The second kappa shape index (κ2) is 16.7. The highest BCUT2D eigenvalue weighted by Gasteiger charge is 2.15. The van der Waals surface area contributed by atoms with E-state index in [0.717, 1.165) is 45.3 Å². The van der Waals surface area contributed by atoms with Gasteiger partial charge in [-0.3, -0.25) is 0 Å². The van der Waals surface area contributed by atoms with Crippen molar-refractivity contribution >= 4 is 64.1 Å². The van der Waals surface area contributed by atoms with Crippen molar-refractivity contribution < 1.29 is 0 Å². The van der Waals surface area contributed by atoms with Crippen LogP contribution < -0.4 is 9.80 Å². The van der Waals surface area contributed by atoms with E-state index in [1.54, 1.807) is 12.1 Å². The predicted octanol–water partition coefficient (Wildman–Crippen LogP) is 14.6. The summed E-state index contributed by atoms with van der Waals surface area (Å²) in [5.41, 5.74) is 15.7. The fourth-order valence-electron chi connectivity index (χ4n) is 6.89. The standard InChI is InChI=1S/C52H42N4/c1-37-10-6-14-48(30-37)55(49-15-7-11-38(2)31-49)46-26-20-41(21-27-46)18-24-43-35-52(54-5)44(34-45(43)36-53)25-19-42-22-28-47(29-23-42)56(50-16-8-12-39(3)32-50)51-17-9-13-40(4)33-51/h6-35H,1-4H3/b24-18+,25-19+. The first-order valence-electron chi connectivity index (χ1n) is 18.7. The summed E-state index contributed by atoms with van der Waals surface area (Å²) in [5, 5.41) is 10.2. The van der Waals surface area contributed by atoms with Gasteiger partial charge in [-0.2, -0.15) is 5.26 Å². The van der Waals surface area contributed by atoms with Crippen LogP contribution in [-0.2, 0) is 0 Å². The van der Waals surface area contributed by atoms with Crippen LogP contribution in [0.4, 0.5) is 39.8 Å². The second-order valence-electron chi connectivity index (χ2n) is 14.1. The SMILES string of the molecule is [C-]#[N+]c1cc(/C=C/c2ccc(N(c3cccc(C)c3)c3cccc(C)c3)cc2)c(C#N)cc1/C=C/c1ccc(N(c2cccc(C)c2)c2cccc(C)c2)cc1. The van der Waals surface area contributed by atoms with Crippen LogP contribution in [0.2, 0.25) is 0 Å². The maximum absolute atomic E-state index is 10.2. The number of anilines is 6. The van der Waals surface area contributed by atoms with Crippen molar-refractivity contribution in [1.82, 2.24) is 0 Å². The number of hydrogen-bond donors (Lipinski definition) is 0. The van der Waals surface area contributed by atoms with Gasteiger partial charge in [0.05, 0.1) is 18.2 Å². The van der Waals surface area contributed by atoms with Crippen molar-refractivity contribution in [2.45, 2.75) is 27.7 Å². The number of aryl methyl sites for hydroxylation is 4. The summed E-state index contributed by atoms with van der Waals surface area (Å²) in [6.07, 6.45) is 7.82. The van der Waals surface area contributed by atoms with Gasteiger partial charge in [-0.1, -0.05) is 97.1 Å². The summed E-state index contributed by atoms with van der Waals surface area (Å²) in [7, 11) is 0. The molecule has 0 aliphatic heterocycles. The molecule has 0 radical (unpaired) electrons. The van der Waals surface area contributed by atoms with Crippen LogP contribution in [0.3, 0.4) is 0 Å². The van der Waals surface area contributed by atoms with Crippen LogP contribution in [0.25, 0.3) is 29.1 Å². The first kappa shape index (κ1) is 36.9. The molecule has 0 atom stereocenters. The fraction of sp³-hybridized carbons (Fsp3) is 0.0769. The van der Waals surface area contributed by atoms with Crippen molar-refractivity contribution in [2.24, 2.45) is 0 Å². The zero-order valence-electron chi connectivity index (χ0n) is 32.1. The molecule has 7 rings (SSSR count). The van der Waals surface area contributed by atoms with E-state index in [1.807, 2.05) is 24.3 Å². The molecule has 0 saturated heterocycles. The summed E-state index contributed by atoms with van der Waals surface area (Å²) >= 11 is 0. The Labute approximate surface area is 331 Å². The van der Waals surface area contributed by atoms with E-state index in [9.17, 15) is 5.26 Å². The lowest BCUT2D eigenvalue weighted by Crippen LogP contribution is -2.10. The first-order chi connectivity index (χ1) is 27.3. The van der Waals surface area contributed by atoms with Crippen LogP contribution in [0, 0.1) is 45.6 Å². The molecule has 0 N–H and O–H groups in total. The molecule has 4 heteroatoms. The smallest absolute Gasteiger partial charge is 0.194 e. The van der Waals surface area contributed by atoms with Gasteiger partial charge in [0.15, 0.2) is 5.69 Å². The van der Waals surface area contributed by atoms with Crippen molar-refractivity contribution in [3.05, 3.63) is 219 Å². The van der Waals surface area contributed by atoms with Crippen LogP contribution in [-0.4, -0.2) is 0 Å². The molecule has 4 nitrogen and oxygen atoms in total. The predicted molar refractivity (Wildman–Crippen MR) is 236 cm³/mol. The molecule has 0 heterocycles. The summed E-state index contributed by atoms with van der Waals surface area (Å²) in [6, 6.07) is 56.8. The Morgan fingerprint density at radius 2 is 0.821 bits per heavy atom. The van der Waals surface area contributed by atoms with Gasteiger partial charge < -0.3 is 9.80 Å². The minimum Gasteiger partial charge on any atom is -0.310 e. The van der Waals surface area contributed by atoms with Gasteiger partial charge in [0.2, 0.25) is 0 Å². The largest absolute Gasteiger partial charge is 0.310 e. The van der Waals surface area contributed by atoms with E-state index in [2.05, 4.69) is 194 Å². The maximum atomic E-state index is 10.2. The normalized spacial score (nSPS) is 11.0. The highest BCUT2D eigenvalue weighted by molar-refractivity contribution is 5.84. The van der Waals surface area contributed by atoms with Gasteiger partial charge in [0.1, 0.15) is 0 Å². The maximum Gasteiger partial charge on any atom is 0.194 e. The molecule has 270 valence electrons. The third-order valence-electron chi connectivity index (χ3n) is 9.69. The van der Waals surface area contributed by atoms with Crippen molar-refractivity contribution in [3.63, 3.8) is 0 Å². The molecule has 0 spiro atoms. The summed E-state index contributed by atoms with van der Waals surface area (Å²) < 4.78 is 0. The number of nitriles is 1. The van der Waals surface area contributed by atoms with Crippen LogP contribution in [0.5, 0.6) is 0 Å². The Balaban J connectivity index is 1.12. The third-order valence-corrected chi connectivity index (χ3v) is 9.69. The Morgan fingerprint density at radius 1 is 0.446 bits per heavy atom. The van der Waals surface area contributed by atoms with Crippen LogP contribution >= 0.6 is 0 Å². The molecule has 0 amide bonds. The zero-order valence-corrected chi connectivity index (χ0v) is 32.1. The minimum atomic E-state index is 0.490. The molecule has 7 aromatic rings. The van der Waals surface area contributed by atoms with Gasteiger partial charge >= 0.3 is 0 Å². The topological polar surface area (TPSA) is 34.6 Å². The molecular weight excluding hydrogens is 681 g/mol. The average Bonchev–Trinajstić information content (AvgIpc) is 3.20. The van der Waals surface area contributed by atoms with Crippen molar-refractivity contribution in [3.8, 4) is 6.07 Å². The summed E-state index contributed by atoms with van der Waals surface area (Å²) in [6.45, 7) is 16.4. The number of benzene rings is 7. The lowest BCUT2D eigenvalue weighted by molar-refractivity contribution is 1.26. The lowest BCUT2D eigenvalue weighted by atomic mass is 10.0. The van der Waals surface area contributed by atoms with Gasteiger partial charge in [-0.05, 0) is 157 Å². The second-order valence-corrected chi connectivity index (χ2v) is 14.1. The minimum absolute atomic E-state index is 0.490. The van der Waals surface area contributed by atoms with Crippen LogP contribution in [0.15, 0.2) is 158 Å². The van der Waals surface area contributed by atoms with E-state index in [4.69, 9.17) is 6.57 Å². The van der Waals surface area contributed by atoms with Gasteiger partial charge in [-0.25, -0.2) is 4.85 Å². The molecule has 0 aliphatic rings. The highest BCUT2D eigenvalue weighted by atomic mass is 15.1. The molecule has 7 aromatic carbocycles. The van der Waals surface area contributed by atoms with Gasteiger partial charge in [-0.15, -0.1) is 0 Å². The average molecular weight is 723 g/mol. The molecule has 0 bridgehead atoms. The molecule has 0 aliphatic carbocycles. The van der Waals surface area contributed by atoms with E-state index in [0.29, 0.717) is 22.4 Å². The Hall–Kier alpha value is -7.40. The summed E-state index contributed by atoms with van der Waals surface area (Å²) in [5.74, 6) is 0. The summed E-state index contributed by atoms with van der Waals surface area (Å²) in [4.78, 5) is 8.36. The van der Waals surface area contributed by atoms with Gasteiger partial charge in [0, 0.05) is 34.1 Å². The molecular formula is C52H42N4. The van der Waals surface area contributed by atoms with Crippen molar-refractivity contribution in [2.75, 3.05) is 9.80 Å². The number of nitrogens with zero attached hydrogens (tertiary/aromatic N) is 4. The van der Waals surface area contributed by atoms with E-state index < -0.39 is 0 Å². The Morgan fingerprint density at radius 3 is 1.16 bits per heavy atom. The molecule has 0 unspecified atom stereocenters. The Kier molecular flexibility index (Phi) is 11.0. The van der Waals surface area contributed by atoms with E-state index >= 15 is 0 Å². The monoisotopic (exact) mass is 722 g/mol. The Bertz CT molecular complexity index is 2370. The molecule has 0 fully saturated rings. The van der Waals surface area contributed by atoms with Crippen LogP contribution in [0.1, 0.15) is 50.1 Å². The lowest BCUT2D eigenvalue weighted by Gasteiger charge is -2.26. The first-order valence-corrected chi connectivity index (χ1v) is 18.7. The number of hydrogen-bond acceptors (Lipinski definition) is 3.